The molecule has 0 fully saturated rings. The maximum atomic E-state index is 12.6. The van der Waals surface area contributed by atoms with Crippen LogP contribution in [0.1, 0.15) is 20.7 Å². The molecule has 1 aliphatic heterocycles. The van der Waals surface area contributed by atoms with Crippen molar-refractivity contribution in [3.05, 3.63) is 71.1 Å². The maximum absolute atomic E-state index is 12.6. The van der Waals surface area contributed by atoms with Gasteiger partial charge in [0.2, 0.25) is 5.91 Å². The number of fused-ring (bicyclic) bond motifs is 2. The van der Waals surface area contributed by atoms with Crippen LogP contribution < -0.4 is 5.32 Å². The van der Waals surface area contributed by atoms with Crippen molar-refractivity contribution in [2.45, 2.75) is 0 Å². The van der Waals surface area contributed by atoms with Crippen LogP contribution in [-0.4, -0.2) is 34.2 Å². The van der Waals surface area contributed by atoms with Crippen LogP contribution >= 0.6 is 22.7 Å². The molecule has 2 aromatic carbocycles. The number of hydrogen-bond donors (Lipinski definition) is 1. The smallest absolute Gasteiger partial charge is 0.262 e. The highest BCUT2D eigenvalue weighted by atomic mass is 32.1. The van der Waals surface area contributed by atoms with E-state index >= 15 is 0 Å². The van der Waals surface area contributed by atoms with Crippen molar-refractivity contribution in [3.63, 3.8) is 0 Å². The van der Waals surface area contributed by atoms with Crippen molar-refractivity contribution in [2.75, 3.05) is 11.9 Å². The zero-order chi connectivity index (χ0) is 20.0. The van der Waals surface area contributed by atoms with Crippen LogP contribution in [0, 0.1) is 0 Å². The van der Waals surface area contributed by atoms with Gasteiger partial charge in [0.25, 0.3) is 11.8 Å². The van der Waals surface area contributed by atoms with Gasteiger partial charge in [-0.15, -0.1) is 22.7 Å². The van der Waals surface area contributed by atoms with E-state index in [9.17, 15) is 14.4 Å². The largest absolute Gasteiger partial charge is 0.316 e. The van der Waals surface area contributed by atoms with Crippen LogP contribution in [0.4, 0.5) is 5.00 Å². The van der Waals surface area contributed by atoms with Crippen LogP contribution in [0.25, 0.3) is 20.8 Å². The third kappa shape index (κ3) is 3.02. The number of hydrogen-bond acceptors (Lipinski definition) is 6. The van der Waals surface area contributed by atoms with E-state index in [0.717, 1.165) is 25.7 Å². The molecule has 1 N–H and O–H groups in total. The molecule has 8 heteroatoms. The summed E-state index contributed by atoms with van der Waals surface area (Å²) in [4.78, 5) is 43.1. The molecule has 4 aromatic rings. The lowest BCUT2D eigenvalue weighted by atomic mass is 10.1. The van der Waals surface area contributed by atoms with Gasteiger partial charge in [0, 0.05) is 5.56 Å². The van der Waals surface area contributed by atoms with Crippen molar-refractivity contribution in [1.82, 2.24) is 9.88 Å². The van der Waals surface area contributed by atoms with Crippen molar-refractivity contribution >= 4 is 55.6 Å². The second-order valence-corrected chi connectivity index (χ2v) is 8.39. The van der Waals surface area contributed by atoms with Gasteiger partial charge < -0.3 is 5.32 Å². The molecule has 3 heterocycles. The van der Waals surface area contributed by atoms with Crippen LogP contribution in [0.2, 0.25) is 0 Å². The van der Waals surface area contributed by atoms with Crippen molar-refractivity contribution in [2.24, 2.45) is 0 Å². The van der Waals surface area contributed by atoms with Gasteiger partial charge in [-0.2, -0.15) is 0 Å². The molecular formula is C21H13N3O3S2. The van der Waals surface area contributed by atoms with Gasteiger partial charge in [0.1, 0.15) is 16.6 Å². The number of nitrogens with zero attached hydrogens (tertiary/aromatic N) is 2. The molecule has 0 radical (unpaired) electrons. The highest BCUT2D eigenvalue weighted by Gasteiger charge is 2.36. The highest BCUT2D eigenvalue weighted by Crippen LogP contribution is 2.37. The minimum absolute atomic E-state index is 0.330. The summed E-state index contributed by atoms with van der Waals surface area (Å²) in [5, 5.41) is 6.16. The number of carbonyl (C=O) groups excluding carboxylic acids is 3. The van der Waals surface area contributed by atoms with E-state index < -0.39 is 17.7 Å². The van der Waals surface area contributed by atoms with Gasteiger partial charge in [-0.25, -0.2) is 4.98 Å². The lowest BCUT2D eigenvalue weighted by Gasteiger charge is -2.13. The maximum Gasteiger partial charge on any atom is 0.262 e. The minimum atomic E-state index is -0.446. The molecule has 0 aliphatic carbocycles. The molecule has 1 aliphatic rings. The number of aromatic nitrogens is 1. The van der Waals surface area contributed by atoms with E-state index in [-0.39, 0.29) is 6.54 Å². The minimum Gasteiger partial charge on any atom is -0.316 e. The van der Waals surface area contributed by atoms with Crippen LogP contribution in [0.5, 0.6) is 0 Å². The average Bonchev–Trinajstić information content (AvgIpc) is 3.42. The normalized spacial score (nSPS) is 13.2. The van der Waals surface area contributed by atoms with Crippen molar-refractivity contribution in [3.8, 4) is 10.6 Å². The fourth-order valence-electron chi connectivity index (χ4n) is 3.25. The van der Waals surface area contributed by atoms with Crippen LogP contribution in [-0.2, 0) is 4.79 Å². The van der Waals surface area contributed by atoms with E-state index in [1.54, 1.807) is 35.6 Å². The molecule has 0 saturated carbocycles. The van der Waals surface area contributed by atoms with Crippen LogP contribution in [0.15, 0.2) is 60.0 Å². The molecule has 0 saturated heterocycles. The van der Waals surface area contributed by atoms with Gasteiger partial charge in [-0.1, -0.05) is 24.3 Å². The van der Waals surface area contributed by atoms with Crippen molar-refractivity contribution in [1.29, 1.82) is 0 Å². The summed E-state index contributed by atoms with van der Waals surface area (Å²) in [6.45, 7) is -0.330. The molecule has 3 amide bonds. The van der Waals surface area contributed by atoms with Gasteiger partial charge >= 0.3 is 0 Å². The van der Waals surface area contributed by atoms with E-state index in [0.29, 0.717) is 16.1 Å². The summed E-state index contributed by atoms with van der Waals surface area (Å²) in [6.07, 6.45) is 0. The Morgan fingerprint density at radius 3 is 2.34 bits per heavy atom. The molecule has 5 rings (SSSR count). The zero-order valence-corrected chi connectivity index (χ0v) is 16.5. The Kier molecular flexibility index (Phi) is 4.22. The topological polar surface area (TPSA) is 79.4 Å². The molecule has 2 aromatic heterocycles. The number of imide groups is 1. The van der Waals surface area contributed by atoms with Crippen LogP contribution in [0.3, 0.4) is 0 Å². The van der Waals surface area contributed by atoms with Gasteiger partial charge in [0.15, 0.2) is 0 Å². The summed E-state index contributed by atoms with van der Waals surface area (Å²) in [6, 6.07) is 16.3. The third-order valence-electron chi connectivity index (χ3n) is 4.62. The summed E-state index contributed by atoms with van der Waals surface area (Å²) >= 11 is 2.92. The monoisotopic (exact) mass is 419 g/mol. The Morgan fingerprint density at radius 2 is 1.62 bits per heavy atom. The molecule has 0 bridgehead atoms. The summed E-state index contributed by atoms with van der Waals surface area (Å²) in [5.41, 5.74) is 2.39. The summed E-state index contributed by atoms with van der Waals surface area (Å²) < 4.78 is 1.07. The molecule has 29 heavy (non-hydrogen) atoms. The molecule has 142 valence electrons. The Hall–Kier alpha value is -3.36. The fourth-order valence-corrected chi connectivity index (χ4v) is 5.12. The second-order valence-electron chi connectivity index (χ2n) is 6.44. The number of nitrogens with one attached hydrogen (secondary N) is 1. The number of amides is 3. The fraction of sp³-hybridized carbons (Fsp3) is 0.0476. The Labute approximate surface area is 173 Å². The molecular weight excluding hydrogens is 406 g/mol. The predicted octanol–water partition coefficient (Wildman–Crippen LogP) is 4.26. The van der Waals surface area contributed by atoms with E-state index in [1.807, 2.05) is 35.7 Å². The standard InChI is InChI=1S/C21H13N3O3S2/c25-17(11-24-20(26)12-5-1-2-6-13(12)21(24)27)23-18-14(9-10-28-18)19-22-15-7-3-4-8-16(15)29-19/h1-10H,11H2,(H,23,25). The van der Waals surface area contributed by atoms with Gasteiger partial charge in [0.05, 0.1) is 21.3 Å². The van der Waals surface area contributed by atoms with Gasteiger partial charge in [-0.3, -0.25) is 19.3 Å². The number of thiophene rings is 1. The van der Waals surface area contributed by atoms with E-state index in [1.165, 1.54) is 11.3 Å². The number of rotatable bonds is 4. The number of benzene rings is 2. The third-order valence-corrected chi connectivity index (χ3v) is 6.52. The first-order valence-corrected chi connectivity index (χ1v) is 10.5. The zero-order valence-electron chi connectivity index (χ0n) is 14.9. The lowest BCUT2D eigenvalue weighted by Crippen LogP contribution is -2.37. The Balaban J connectivity index is 1.36. The number of thiazole rings is 1. The Bertz CT molecular complexity index is 1220. The predicted molar refractivity (Wildman–Crippen MR) is 113 cm³/mol. The van der Waals surface area contributed by atoms with Gasteiger partial charge in [-0.05, 0) is 35.7 Å². The van der Waals surface area contributed by atoms with E-state index in [4.69, 9.17) is 0 Å². The first-order valence-electron chi connectivity index (χ1n) is 8.80. The number of anilines is 1. The quantitative estimate of drug-likeness (QED) is 0.501. The first-order chi connectivity index (χ1) is 14.1. The summed E-state index contributed by atoms with van der Waals surface area (Å²) in [5.74, 6) is -1.32. The second kappa shape index (κ2) is 6.91. The Morgan fingerprint density at radius 1 is 0.931 bits per heavy atom. The van der Waals surface area contributed by atoms with E-state index in [2.05, 4.69) is 10.3 Å². The molecule has 0 unspecified atom stereocenters. The first kappa shape index (κ1) is 17.7. The highest BCUT2D eigenvalue weighted by molar-refractivity contribution is 7.22. The molecule has 0 spiro atoms. The lowest BCUT2D eigenvalue weighted by molar-refractivity contribution is -0.116. The molecule has 0 atom stereocenters. The van der Waals surface area contributed by atoms with Crippen molar-refractivity contribution < 1.29 is 14.4 Å². The average molecular weight is 419 g/mol. The number of para-hydroxylation sites is 1. The number of carbonyl (C=O) groups is 3. The SMILES string of the molecule is O=C(CN1C(=O)c2ccccc2C1=O)Nc1sccc1-c1nc2ccccc2s1. The molecule has 6 nitrogen and oxygen atoms in total. The summed E-state index contributed by atoms with van der Waals surface area (Å²) in [7, 11) is 0.